The summed E-state index contributed by atoms with van der Waals surface area (Å²) in [7, 11) is 0. The van der Waals surface area contributed by atoms with Crippen molar-refractivity contribution in [3.8, 4) is 11.8 Å². The first kappa shape index (κ1) is 19.6. The number of hydrogen-bond donors (Lipinski definition) is 0. The minimum Gasteiger partial charge on any atom is -0.426 e. The summed E-state index contributed by atoms with van der Waals surface area (Å²) in [4.78, 5) is 12.6. The summed E-state index contributed by atoms with van der Waals surface area (Å²) in [6, 6.07) is 7.57. The third-order valence-electron chi connectivity index (χ3n) is 6.40. The molecule has 0 saturated heterocycles. The van der Waals surface area contributed by atoms with Crippen LogP contribution in [0.15, 0.2) is 24.3 Å². The number of carbonyl (C=O) groups is 1. The van der Waals surface area contributed by atoms with Crippen molar-refractivity contribution in [1.29, 1.82) is 5.26 Å². The van der Waals surface area contributed by atoms with Crippen molar-refractivity contribution in [2.75, 3.05) is 0 Å². The summed E-state index contributed by atoms with van der Waals surface area (Å²) in [6.45, 7) is 2.25. The molecule has 3 nitrogen and oxygen atoms in total. The average Bonchev–Trinajstić information content (AvgIpc) is 2.72. The average molecular weight is 395 g/mol. The summed E-state index contributed by atoms with van der Waals surface area (Å²) in [5.74, 6) is -2.31. The van der Waals surface area contributed by atoms with E-state index in [0.717, 1.165) is 37.3 Å². The normalized spacial score (nSPS) is 20.3. The fourth-order valence-electron chi connectivity index (χ4n) is 4.71. The van der Waals surface area contributed by atoms with Crippen molar-refractivity contribution in [1.82, 2.24) is 0 Å². The van der Waals surface area contributed by atoms with E-state index in [1.54, 1.807) is 0 Å². The molecule has 29 heavy (non-hydrogen) atoms. The first-order valence-electron chi connectivity index (χ1n) is 10.2. The number of ether oxygens (including phenoxy) is 1. The van der Waals surface area contributed by atoms with Crippen LogP contribution in [0.5, 0.6) is 5.75 Å². The van der Waals surface area contributed by atoms with Gasteiger partial charge in [0.1, 0.15) is 29.0 Å². The van der Waals surface area contributed by atoms with Gasteiger partial charge in [-0.2, -0.15) is 5.26 Å². The first-order valence-corrected chi connectivity index (χ1v) is 10.2. The SMILES string of the molecule is CC[C@H]1CCc2c(ccc3c2CC[C@H](C(=O)Oc2cc(F)c(C#N)c(F)c2)C3)C1. The Morgan fingerprint density at radius 3 is 2.34 bits per heavy atom. The van der Waals surface area contributed by atoms with E-state index < -0.39 is 23.2 Å². The third-order valence-corrected chi connectivity index (χ3v) is 6.40. The molecular weight excluding hydrogens is 372 g/mol. The largest absolute Gasteiger partial charge is 0.426 e. The molecule has 0 radical (unpaired) electrons. The van der Waals surface area contributed by atoms with Crippen molar-refractivity contribution >= 4 is 5.97 Å². The Bertz CT molecular complexity index is 986. The number of fused-ring (bicyclic) bond motifs is 3. The maximum atomic E-state index is 13.8. The molecular formula is C24H23F2NO2. The number of benzene rings is 2. The van der Waals surface area contributed by atoms with E-state index in [0.29, 0.717) is 12.8 Å². The second-order valence-electron chi connectivity index (χ2n) is 8.09. The molecule has 0 fully saturated rings. The Labute approximate surface area is 169 Å². The number of hydrogen-bond acceptors (Lipinski definition) is 3. The second kappa shape index (κ2) is 7.94. The highest BCUT2D eigenvalue weighted by Crippen LogP contribution is 2.36. The van der Waals surface area contributed by atoms with Crippen LogP contribution < -0.4 is 4.74 Å². The van der Waals surface area contributed by atoms with Gasteiger partial charge in [-0.05, 0) is 66.7 Å². The summed E-state index contributed by atoms with van der Waals surface area (Å²) < 4.78 is 32.8. The van der Waals surface area contributed by atoms with Crippen molar-refractivity contribution in [2.45, 2.75) is 51.9 Å². The molecule has 0 amide bonds. The number of halogens is 2. The van der Waals surface area contributed by atoms with E-state index >= 15 is 0 Å². The van der Waals surface area contributed by atoms with Gasteiger partial charge in [0, 0.05) is 12.1 Å². The van der Waals surface area contributed by atoms with Gasteiger partial charge in [0.2, 0.25) is 0 Å². The lowest BCUT2D eigenvalue weighted by atomic mass is 9.74. The summed E-state index contributed by atoms with van der Waals surface area (Å²) in [5.41, 5.74) is 4.81. The van der Waals surface area contributed by atoms with Gasteiger partial charge >= 0.3 is 5.97 Å². The number of nitriles is 1. The molecule has 0 heterocycles. The summed E-state index contributed by atoms with van der Waals surface area (Å²) in [6.07, 6.45) is 6.75. The van der Waals surface area contributed by atoms with Crippen LogP contribution >= 0.6 is 0 Å². The topological polar surface area (TPSA) is 50.1 Å². The number of nitrogens with zero attached hydrogens (tertiary/aromatic N) is 1. The van der Waals surface area contributed by atoms with Crippen LogP contribution in [0.4, 0.5) is 8.78 Å². The molecule has 2 atom stereocenters. The van der Waals surface area contributed by atoms with Crippen LogP contribution in [0.3, 0.4) is 0 Å². The molecule has 4 rings (SSSR count). The van der Waals surface area contributed by atoms with E-state index in [1.807, 2.05) is 0 Å². The van der Waals surface area contributed by atoms with Crippen LogP contribution in [0, 0.1) is 34.8 Å². The molecule has 0 N–H and O–H groups in total. The second-order valence-corrected chi connectivity index (χ2v) is 8.09. The summed E-state index contributed by atoms with van der Waals surface area (Å²) in [5, 5.41) is 8.74. The Kier molecular flexibility index (Phi) is 5.36. The van der Waals surface area contributed by atoms with E-state index in [2.05, 4.69) is 19.1 Å². The van der Waals surface area contributed by atoms with Gasteiger partial charge in [0.05, 0.1) is 5.92 Å². The number of esters is 1. The fraction of sp³-hybridized carbons (Fsp3) is 0.417. The quantitative estimate of drug-likeness (QED) is 0.539. The zero-order chi connectivity index (χ0) is 20.5. The minimum atomic E-state index is -1.03. The smallest absolute Gasteiger partial charge is 0.314 e. The van der Waals surface area contributed by atoms with Crippen molar-refractivity contribution in [3.63, 3.8) is 0 Å². The predicted octanol–water partition coefficient (Wildman–Crippen LogP) is 5.06. The zero-order valence-corrected chi connectivity index (χ0v) is 16.4. The number of carbonyl (C=O) groups excluding carboxylic acids is 1. The lowest BCUT2D eigenvalue weighted by Gasteiger charge is -2.31. The molecule has 2 aliphatic rings. The van der Waals surface area contributed by atoms with Gasteiger partial charge in [-0.25, -0.2) is 8.78 Å². The number of rotatable bonds is 3. The monoisotopic (exact) mass is 395 g/mol. The molecule has 2 aliphatic carbocycles. The molecule has 0 aliphatic heterocycles. The highest BCUT2D eigenvalue weighted by atomic mass is 19.1. The standard InChI is InChI=1S/C24H23F2NO2/c1-2-14-3-7-19-15(9-14)4-5-16-10-17(6-8-20(16)19)24(28)29-18-11-22(25)21(13-27)23(26)12-18/h4-5,11-12,14,17H,2-3,6-10H2,1H3/t14-,17-/m0/s1. The highest BCUT2D eigenvalue weighted by molar-refractivity contribution is 5.76. The van der Waals surface area contributed by atoms with E-state index in [4.69, 9.17) is 10.00 Å². The fourth-order valence-corrected chi connectivity index (χ4v) is 4.71. The highest BCUT2D eigenvalue weighted by Gasteiger charge is 2.30. The Balaban J connectivity index is 1.49. The zero-order valence-electron chi connectivity index (χ0n) is 16.4. The molecule has 0 saturated carbocycles. The molecule has 0 aromatic heterocycles. The van der Waals surface area contributed by atoms with Gasteiger partial charge in [-0.3, -0.25) is 4.79 Å². The van der Waals surface area contributed by atoms with Gasteiger partial charge in [0.25, 0.3) is 0 Å². The maximum absolute atomic E-state index is 13.8. The molecule has 150 valence electrons. The van der Waals surface area contributed by atoms with E-state index in [9.17, 15) is 13.6 Å². The molecule has 2 aromatic rings. The van der Waals surface area contributed by atoms with Gasteiger partial charge in [-0.15, -0.1) is 0 Å². The lowest BCUT2D eigenvalue weighted by molar-refractivity contribution is -0.139. The molecule has 0 bridgehead atoms. The summed E-state index contributed by atoms with van der Waals surface area (Å²) >= 11 is 0. The lowest BCUT2D eigenvalue weighted by Crippen LogP contribution is -2.28. The van der Waals surface area contributed by atoms with Crippen LogP contribution in [-0.2, 0) is 30.5 Å². The Morgan fingerprint density at radius 1 is 1.10 bits per heavy atom. The van der Waals surface area contributed by atoms with Crippen LogP contribution in [0.25, 0.3) is 0 Å². The van der Waals surface area contributed by atoms with Crippen molar-refractivity contribution < 1.29 is 18.3 Å². The van der Waals surface area contributed by atoms with Crippen LogP contribution in [0.2, 0.25) is 0 Å². The Morgan fingerprint density at radius 2 is 1.72 bits per heavy atom. The molecule has 5 heteroatoms. The third kappa shape index (κ3) is 3.76. The van der Waals surface area contributed by atoms with Crippen molar-refractivity contribution in [2.24, 2.45) is 11.8 Å². The minimum absolute atomic E-state index is 0.203. The van der Waals surface area contributed by atoms with Crippen LogP contribution in [-0.4, -0.2) is 5.97 Å². The molecule has 0 unspecified atom stereocenters. The molecule has 0 spiro atoms. The molecule has 2 aromatic carbocycles. The Hall–Kier alpha value is -2.74. The van der Waals surface area contributed by atoms with Gasteiger partial charge in [0.15, 0.2) is 0 Å². The first-order chi connectivity index (χ1) is 14.0. The van der Waals surface area contributed by atoms with Gasteiger partial charge < -0.3 is 4.74 Å². The van der Waals surface area contributed by atoms with Crippen LogP contribution in [0.1, 0.15) is 54.0 Å². The predicted molar refractivity (Wildman–Crippen MR) is 104 cm³/mol. The van der Waals surface area contributed by atoms with E-state index in [1.165, 1.54) is 41.2 Å². The van der Waals surface area contributed by atoms with E-state index in [-0.39, 0.29) is 11.7 Å². The van der Waals surface area contributed by atoms with Gasteiger partial charge in [-0.1, -0.05) is 25.5 Å². The maximum Gasteiger partial charge on any atom is 0.314 e. The van der Waals surface area contributed by atoms with Crippen molar-refractivity contribution in [3.05, 3.63) is 63.7 Å².